The summed E-state index contributed by atoms with van der Waals surface area (Å²) >= 11 is 3.03. The number of thioether (sulfide) groups is 2. The van der Waals surface area contributed by atoms with Crippen molar-refractivity contribution in [2.75, 3.05) is 23.3 Å². The normalized spacial score (nSPS) is 21.5. The van der Waals surface area contributed by atoms with Crippen LogP contribution in [0.1, 0.15) is 78.2 Å². The van der Waals surface area contributed by atoms with Crippen LogP contribution in [0.5, 0.6) is 0 Å². The molecule has 2 saturated heterocycles. The summed E-state index contributed by atoms with van der Waals surface area (Å²) in [6.45, 7) is 10.8. The highest BCUT2D eigenvalue weighted by molar-refractivity contribution is 7.99. The van der Waals surface area contributed by atoms with E-state index in [1.54, 1.807) is 27.7 Å². The molecule has 2 atom stereocenters. The number of hydrogen-bond donors (Lipinski definition) is 0. The summed E-state index contributed by atoms with van der Waals surface area (Å²) in [4.78, 5) is 54.2. The molecule has 3 rings (SSSR count). The highest BCUT2D eigenvalue weighted by atomic mass is 32.2. The number of carbonyl (C=O) groups excluding carboxylic acids is 4. The summed E-state index contributed by atoms with van der Waals surface area (Å²) in [6, 6.07) is -1.00. The fraction of sp³-hybridized carbons (Fsp3) is 0.727. The highest BCUT2D eigenvalue weighted by Gasteiger charge is 2.44. The van der Waals surface area contributed by atoms with Crippen LogP contribution in [-0.4, -0.2) is 66.6 Å². The predicted octanol–water partition coefficient (Wildman–Crippen LogP) is 3.23. The Labute approximate surface area is 202 Å². The van der Waals surface area contributed by atoms with Gasteiger partial charge in [-0.25, -0.2) is 0 Å². The van der Waals surface area contributed by atoms with Crippen molar-refractivity contribution in [1.29, 1.82) is 0 Å². The SMILES string of the molecule is CCC(C)(C)C(=O)C(=O)N1CSCC1c1nnc(C2CSCN2C(=O)C(=O)C(C)(C)CC)o1. The summed E-state index contributed by atoms with van der Waals surface area (Å²) in [7, 11) is 0. The summed E-state index contributed by atoms with van der Waals surface area (Å²) in [5.74, 6) is 0.363. The van der Waals surface area contributed by atoms with E-state index in [1.807, 2.05) is 13.8 Å². The minimum Gasteiger partial charge on any atom is -0.421 e. The molecule has 3 heterocycles. The van der Waals surface area contributed by atoms with E-state index < -0.39 is 46.3 Å². The lowest BCUT2D eigenvalue weighted by atomic mass is 9.84. The van der Waals surface area contributed by atoms with Gasteiger partial charge in [0.1, 0.15) is 12.1 Å². The third-order valence-electron chi connectivity index (χ3n) is 6.70. The van der Waals surface area contributed by atoms with Crippen LogP contribution in [0, 0.1) is 10.8 Å². The van der Waals surface area contributed by atoms with E-state index >= 15 is 0 Å². The standard InChI is InChI=1S/C22H32N4O5S2/c1-7-21(3,4)15(27)19(29)25-11-32-9-13(25)17-23-24-18(31-17)14-10-33-12-26(14)20(30)16(28)22(5,6)8-2/h13-14H,7-12H2,1-6H3. The monoisotopic (exact) mass is 496 g/mol. The number of nitrogens with zero attached hydrogens (tertiary/aromatic N) is 4. The Kier molecular flexibility index (Phi) is 7.62. The quantitative estimate of drug-likeness (QED) is 0.500. The fourth-order valence-electron chi connectivity index (χ4n) is 3.37. The molecule has 2 amide bonds. The zero-order valence-electron chi connectivity index (χ0n) is 20.0. The van der Waals surface area contributed by atoms with Gasteiger partial charge in [0.05, 0.1) is 11.8 Å². The second-order valence-corrected chi connectivity index (χ2v) is 11.7. The van der Waals surface area contributed by atoms with Crippen molar-refractivity contribution in [2.24, 2.45) is 10.8 Å². The molecule has 0 aromatic carbocycles. The molecule has 33 heavy (non-hydrogen) atoms. The molecule has 11 heteroatoms. The summed E-state index contributed by atoms with van der Waals surface area (Å²) in [5, 5.41) is 8.31. The van der Waals surface area contributed by atoms with E-state index in [9.17, 15) is 19.2 Å². The van der Waals surface area contributed by atoms with E-state index in [4.69, 9.17) is 4.42 Å². The number of Topliss-reactive ketones (excluding diaryl/α,β-unsaturated/α-hetero) is 2. The topological polar surface area (TPSA) is 114 Å². The first-order valence-electron chi connectivity index (χ1n) is 11.1. The number of ketones is 2. The predicted molar refractivity (Wildman–Crippen MR) is 126 cm³/mol. The molecule has 0 saturated carbocycles. The lowest BCUT2D eigenvalue weighted by molar-refractivity contribution is -0.150. The molecule has 2 aliphatic heterocycles. The first-order valence-corrected chi connectivity index (χ1v) is 13.4. The maximum atomic E-state index is 12.9. The van der Waals surface area contributed by atoms with Gasteiger partial charge < -0.3 is 14.2 Å². The van der Waals surface area contributed by atoms with Gasteiger partial charge in [0.25, 0.3) is 11.8 Å². The summed E-state index contributed by atoms with van der Waals surface area (Å²) in [6.07, 6.45) is 1.12. The second-order valence-electron chi connectivity index (χ2n) is 9.69. The summed E-state index contributed by atoms with van der Waals surface area (Å²) in [5.41, 5.74) is -1.48. The van der Waals surface area contributed by atoms with Crippen LogP contribution in [0.15, 0.2) is 4.42 Å². The molecule has 1 aromatic heterocycles. The van der Waals surface area contributed by atoms with Gasteiger partial charge in [-0.05, 0) is 12.8 Å². The van der Waals surface area contributed by atoms with Crippen LogP contribution in [-0.2, 0) is 19.2 Å². The van der Waals surface area contributed by atoms with Gasteiger partial charge in [-0.2, -0.15) is 0 Å². The first-order chi connectivity index (χ1) is 15.4. The smallest absolute Gasteiger partial charge is 0.291 e. The largest absolute Gasteiger partial charge is 0.421 e. The van der Waals surface area contributed by atoms with Gasteiger partial charge >= 0.3 is 0 Å². The lowest BCUT2D eigenvalue weighted by Gasteiger charge is -2.26. The van der Waals surface area contributed by atoms with Gasteiger partial charge in [-0.15, -0.1) is 33.7 Å². The van der Waals surface area contributed by atoms with E-state index in [0.29, 0.717) is 36.1 Å². The maximum absolute atomic E-state index is 12.9. The van der Waals surface area contributed by atoms with Gasteiger partial charge in [0, 0.05) is 22.3 Å². The van der Waals surface area contributed by atoms with Crippen LogP contribution in [0.3, 0.4) is 0 Å². The Morgan fingerprint density at radius 3 is 1.52 bits per heavy atom. The first kappa shape index (κ1) is 25.7. The van der Waals surface area contributed by atoms with E-state index in [-0.39, 0.29) is 11.8 Å². The third-order valence-corrected chi connectivity index (χ3v) is 8.72. The average Bonchev–Trinajstić information content (AvgIpc) is 3.55. The number of aromatic nitrogens is 2. The maximum Gasteiger partial charge on any atom is 0.291 e. The van der Waals surface area contributed by atoms with Crippen LogP contribution in [0.4, 0.5) is 0 Å². The number of hydrogen-bond acceptors (Lipinski definition) is 9. The van der Waals surface area contributed by atoms with Crippen LogP contribution in [0.25, 0.3) is 0 Å². The summed E-state index contributed by atoms with van der Waals surface area (Å²) < 4.78 is 5.94. The van der Waals surface area contributed by atoms with Gasteiger partial charge in [0.15, 0.2) is 0 Å². The van der Waals surface area contributed by atoms with Crippen molar-refractivity contribution in [1.82, 2.24) is 20.0 Å². The van der Waals surface area contributed by atoms with E-state index in [2.05, 4.69) is 10.2 Å². The van der Waals surface area contributed by atoms with Gasteiger partial charge in [0.2, 0.25) is 23.3 Å². The number of rotatable bonds is 8. The van der Waals surface area contributed by atoms with Crippen molar-refractivity contribution in [3.8, 4) is 0 Å². The molecule has 9 nitrogen and oxygen atoms in total. The zero-order chi connectivity index (χ0) is 24.6. The third kappa shape index (κ3) is 4.99. The van der Waals surface area contributed by atoms with Gasteiger partial charge in [-0.1, -0.05) is 41.5 Å². The number of carbonyl (C=O) groups is 4. The second kappa shape index (κ2) is 9.77. The molecule has 2 fully saturated rings. The molecule has 0 bridgehead atoms. The molecule has 2 unspecified atom stereocenters. The van der Waals surface area contributed by atoms with Gasteiger partial charge in [-0.3, -0.25) is 19.2 Å². The van der Waals surface area contributed by atoms with Crippen LogP contribution < -0.4 is 0 Å². The van der Waals surface area contributed by atoms with Crippen LogP contribution >= 0.6 is 23.5 Å². The minimum atomic E-state index is -0.740. The minimum absolute atomic E-state index is 0.245. The Bertz CT molecular complexity index is 872. The van der Waals surface area contributed by atoms with Crippen molar-refractivity contribution < 1.29 is 23.6 Å². The molecule has 2 aliphatic rings. The molecular weight excluding hydrogens is 464 g/mol. The molecule has 182 valence electrons. The molecule has 0 N–H and O–H groups in total. The molecule has 0 aliphatic carbocycles. The number of amides is 2. The molecule has 1 aromatic rings. The van der Waals surface area contributed by atoms with Crippen molar-refractivity contribution in [2.45, 2.75) is 66.5 Å². The Morgan fingerprint density at radius 2 is 1.18 bits per heavy atom. The van der Waals surface area contributed by atoms with Crippen molar-refractivity contribution in [3.63, 3.8) is 0 Å². The van der Waals surface area contributed by atoms with E-state index in [0.717, 1.165) is 0 Å². The average molecular weight is 497 g/mol. The van der Waals surface area contributed by atoms with Crippen molar-refractivity contribution >= 4 is 46.9 Å². The van der Waals surface area contributed by atoms with E-state index in [1.165, 1.54) is 33.3 Å². The highest BCUT2D eigenvalue weighted by Crippen LogP contribution is 2.38. The Hall–Kier alpha value is -1.88. The zero-order valence-corrected chi connectivity index (χ0v) is 21.7. The molecular formula is C22H32N4O5S2. The Morgan fingerprint density at radius 1 is 0.818 bits per heavy atom. The Balaban J connectivity index is 1.78. The van der Waals surface area contributed by atoms with Crippen LogP contribution in [0.2, 0.25) is 0 Å². The lowest BCUT2D eigenvalue weighted by Crippen LogP contribution is -2.42. The molecule has 0 radical (unpaired) electrons. The van der Waals surface area contributed by atoms with Crippen molar-refractivity contribution in [3.05, 3.63) is 11.8 Å². The fourth-order valence-corrected chi connectivity index (χ4v) is 5.66. The molecule has 0 spiro atoms.